The Kier molecular flexibility index (Phi) is 10.7. The molecule has 0 saturated heterocycles. The molecule has 2 N–H and O–H groups in total. The molecule has 0 atom stereocenters. The van der Waals surface area contributed by atoms with Crippen molar-refractivity contribution in [2.45, 2.75) is 20.3 Å². The summed E-state index contributed by atoms with van der Waals surface area (Å²) in [5, 5.41) is 9.19. The van der Waals surface area contributed by atoms with Gasteiger partial charge in [-0.2, -0.15) is 0 Å². The van der Waals surface area contributed by atoms with E-state index in [9.17, 15) is 9.59 Å². The van der Waals surface area contributed by atoms with Crippen LogP contribution in [0.4, 0.5) is 11.6 Å². The lowest BCUT2D eigenvalue weighted by Gasteiger charge is -2.17. The molecule has 10 heteroatoms. The van der Waals surface area contributed by atoms with Crippen LogP contribution in [-0.4, -0.2) is 39.6 Å². The molecule has 5 aromatic rings. The van der Waals surface area contributed by atoms with Crippen LogP contribution in [0.3, 0.4) is 0 Å². The van der Waals surface area contributed by atoms with E-state index in [0.29, 0.717) is 33.4 Å². The number of hydrogen-bond donors (Lipinski definition) is 2. The van der Waals surface area contributed by atoms with Gasteiger partial charge in [0.1, 0.15) is 0 Å². The summed E-state index contributed by atoms with van der Waals surface area (Å²) in [5.74, 6) is 0.655. The van der Waals surface area contributed by atoms with E-state index in [1.54, 1.807) is 47.0 Å². The van der Waals surface area contributed by atoms with Crippen LogP contribution in [0, 0.1) is 5.41 Å². The van der Waals surface area contributed by atoms with Crippen molar-refractivity contribution in [3.05, 3.63) is 96.3 Å². The molecule has 0 unspecified atom stereocenters. The van der Waals surface area contributed by atoms with Crippen molar-refractivity contribution in [2.75, 3.05) is 17.3 Å². The van der Waals surface area contributed by atoms with Crippen LogP contribution in [0.25, 0.3) is 21.7 Å². The van der Waals surface area contributed by atoms with Gasteiger partial charge in [0.15, 0.2) is 12.2 Å². The zero-order chi connectivity index (χ0) is 29.1. The molecule has 0 saturated carbocycles. The molecule has 2 amide bonds. The SMILES string of the molecule is C=CC.CCC=N.CN(C(=O)c1ccccc1)c1ccc2c(c1)nc(NC(=O)c1ccc(-c3cnco3)s1)n2C. The Bertz CT molecular complexity index is 1570. The Morgan fingerprint density at radius 2 is 1.88 bits per heavy atom. The lowest BCUT2D eigenvalue weighted by atomic mass is 10.2. The Hall–Kier alpha value is -4.83. The first kappa shape index (κ1) is 29.7. The minimum Gasteiger partial charge on any atom is -0.443 e. The average molecular weight is 557 g/mol. The van der Waals surface area contributed by atoms with Gasteiger partial charge in [0.2, 0.25) is 5.95 Å². The van der Waals surface area contributed by atoms with E-state index < -0.39 is 0 Å². The molecule has 40 heavy (non-hydrogen) atoms. The maximum atomic E-state index is 12.8. The van der Waals surface area contributed by atoms with Gasteiger partial charge in [0, 0.05) is 25.3 Å². The second kappa shape index (κ2) is 14.4. The molecule has 2 aromatic carbocycles. The zero-order valence-corrected chi connectivity index (χ0v) is 23.7. The molecule has 0 radical (unpaired) electrons. The first-order valence-corrected chi connectivity index (χ1v) is 13.3. The van der Waals surface area contributed by atoms with E-state index in [4.69, 9.17) is 9.83 Å². The molecule has 206 valence electrons. The summed E-state index contributed by atoms with van der Waals surface area (Å²) in [7, 11) is 3.56. The molecule has 5 rings (SSSR count). The summed E-state index contributed by atoms with van der Waals surface area (Å²) in [4.78, 5) is 37.0. The van der Waals surface area contributed by atoms with E-state index in [2.05, 4.69) is 21.9 Å². The molecule has 0 aliphatic carbocycles. The van der Waals surface area contributed by atoms with Crippen molar-refractivity contribution >= 4 is 52.0 Å². The first-order chi connectivity index (χ1) is 19.3. The Morgan fingerprint density at radius 3 is 2.50 bits per heavy atom. The predicted octanol–water partition coefficient (Wildman–Crippen LogP) is 7.06. The fourth-order valence-electron chi connectivity index (χ4n) is 3.49. The van der Waals surface area contributed by atoms with Gasteiger partial charge in [-0.1, -0.05) is 31.2 Å². The highest BCUT2D eigenvalue weighted by atomic mass is 32.1. The lowest BCUT2D eigenvalue weighted by molar-refractivity contribution is 0.0991. The van der Waals surface area contributed by atoms with E-state index in [1.807, 2.05) is 63.4 Å². The minimum atomic E-state index is -0.263. The highest BCUT2D eigenvalue weighted by Gasteiger charge is 2.18. The number of oxazole rings is 1. The van der Waals surface area contributed by atoms with Gasteiger partial charge >= 0.3 is 0 Å². The number of thiophene rings is 1. The summed E-state index contributed by atoms with van der Waals surface area (Å²) < 4.78 is 7.10. The largest absolute Gasteiger partial charge is 0.443 e. The van der Waals surface area contributed by atoms with E-state index in [1.165, 1.54) is 23.9 Å². The third-order valence-electron chi connectivity index (χ3n) is 5.51. The van der Waals surface area contributed by atoms with Crippen LogP contribution < -0.4 is 10.2 Å². The maximum absolute atomic E-state index is 12.8. The highest BCUT2D eigenvalue weighted by Crippen LogP contribution is 2.29. The number of carbonyl (C=O) groups excluding carboxylic acids is 2. The van der Waals surface area contributed by atoms with E-state index >= 15 is 0 Å². The number of anilines is 2. The Labute approximate surface area is 237 Å². The van der Waals surface area contributed by atoms with Gasteiger partial charge in [-0.15, -0.1) is 17.9 Å². The van der Waals surface area contributed by atoms with E-state index in [0.717, 1.165) is 16.8 Å². The van der Waals surface area contributed by atoms with Crippen LogP contribution in [0.5, 0.6) is 0 Å². The fourth-order valence-corrected chi connectivity index (χ4v) is 4.35. The Morgan fingerprint density at radius 1 is 1.18 bits per heavy atom. The summed E-state index contributed by atoms with van der Waals surface area (Å²) in [6, 6.07) is 18.2. The molecule has 9 nitrogen and oxygen atoms in total. The van der Waals surface area contributed by atoms with Gasteiger partial charge in [-0.3, -0.25) is 14.9 Å². The number of aromatic nitrogens is 3. The van der Waals surface area contributed by atoms with Gasteiger partial charge in [0.25, 0.3) is 11.8 Å². The number of imidazole rings is 1. The molecule has 3 heterocycles. The fraction of sp³-hybridized carbons (Fsp3) is 0.167. The predicted molar refractivity (Wildman–Crippen MR) is 163 cm³/mol. The summed E-state index contributed by atoms with van der Waals surface area (Å²) in [6.45, 7) is 7.19. The summed E-state index contributed by atoms with van der Waals surface area (Å²) >= 11 is 1.31. The number of rotatable bonds is 6. The number of hydrogen-bond acceptors (Lipinski definition) is 7. The van der Waals surface area contributed by atoms with Crippen molar-refractivity contribution in [3.8, 4) is 10.6 Å². The second-order valence-electron chi connectivity index (χ2n) is 8.40. The third kappa shape index (κ3) is 7.17. The number of amides is 2. The number of fused-ring (bicyclic) bond motifs is 1. The normalized spacial score (nSPS) is 10.0. The second-order valence-corrected chi connectivity index (χ2v) is 9.49. The van der Waals surface area contributed by atoms with Crippen molar-refractivity contribution in [1.82, 2.24) is 14.5 Å². The third-order valence-corrected chi connectivity index (χ3v) is 6.61. The number of benzene rings is 2. The smallest absolute Gasteiger partial charge is 0.268 e. The molecule has 0 fully saturated rings. The highest BCUT2D eigenvalue weighted by molar-refractivity contribution is 7.17. The maximum Gasteiger partial charge on any atom is 0.268 e. The van der Waals surface area contributed by atoms with Gasteiger partial charge in [-0.25, -0.2) is 9.97 Å². The molecule has 0 spiro atoms. The molecule has 0 aliphatic rings. The van der Waals surface area contributed by atoms with Crippen molar-refractivity contribution < 1.29 is 14.0 Å². The first-order valence-electron chi connectivity index (χ1n) is 12.5. The van der Waals surface area contributed by atoms with Gasteiger partial charge in [-0.05, 0) is 62.0 Å². The standard InChI is InChI=1S/C24H19N5O3S.C3H7N.C3H6/c1-28(23(31)15-6-4-3-5-7-15)16-8-9-18-17(12-16)26-24(29(18)2)27-22(30)21-11-10-20(33-21)19-13-25-14-32-19;1-2-3-4;1-3-2/h3-14H,1-2H3,(H,26,27,30);3-4H,2H2,1H3;3H,1H2,2H3. The van der Waals surface area contributed by atoms with Crippen molar-refractivity contribution in [1.29, 1.82) is 5.41 Å². The summed E-state index contributed by atoms with van der Waals surface area (Å²) in [5.41, 5.74) is 2.83. The van der Waals surface area contributed by atoms with Crippen LogP contribution in [0.15, 0.2) is 90.3 Å². The number of aryl methyl sites for hydroxylation is 1. The van der Waals surface area contributed by atoms with Crippen LogP contribution in [-0.2, 0) is 7.05 Å². The monoisotopic (exact) mass is 556 g/mol. The van der Waals surface area contributed by atoms with Crippen LogP contribution >= 0.6 is 11.3 Å². The van der Waals surface area contributed by atoms with Crippen LogP contribution in [0.2, 0.25) is 0 Å². The molecule has 3 aromatic heterocycles. The molecule has 0 bridgehead atoms. The molecular formula is C30H32N6O3S. The van der Waals surface area contributed by atoms with E-state index in [-0.39, 0.29) is 11.8 Å². The number of nitrogens with one attached hydrogen (secondary N) is 2. The number of carbonyl (C=O) groups is 2. The van der Waals surface area contributed by atoms with Gasteiger partial charge < -0.3 is 19.3 Å². The Balaban J connectivity index is 0.000000569. The lowest BCUT2D eigenvalue weighted by Crippen LogP contribution is -2.26. The topological polar surface area (TPSA) is 117 Å². The van der Waals surface area contributed by atoms with Crippen molar-refractivity contribution in [2.24, 2.45) is 7.05 Å². The quantitative estimate of drug-likeness (QED) is 0.172. The molecule has 0 aliphatic heterocycles. The van der Waals surface area contributed by atoms with Crippen LogP contribution in [0.1, 0.15) is 40.3 Å². The minimum absolute atomic E-state index is 0.111. The van der Waals surface area contributed by atoms with Gasteiger partial charge in [0.05, 0.1) is 27.0 Å². The summed E-state index contributed by atoms with van der Waals surface area (Å²) in [6.07, 6.45) is 6.95. The molecular weight excluding hydrogens is 524 g/mol. The van der Waals surface area contributed by atoms with Crippen molar-refractivity contribution in [3.63, 3.8) is 0 Å². The number of allylic oxidation sites excluding steroid dienone is 1. The zero-order valence-electron chi connectivity index (χ0n) is 22.9. The average Bonchev–Trinajstić information content (AvgIpc) is 3.74. The number of nitrogens with zero attached hydrogens (tertiary/aromatic N) is 4.